The number of aromatic nitrogens is 3. The van der Waals surface area contributed by atoms with Gasteiger partial charge in [0, 0.05) is 7.05 Å². The molecular weight excluding hydrogens is 328 g/mol. The topological polar surface area (TPSA) is 30.7 Å². The van der Waals surface area contributed by atoms with Crippen molar-refractivity contribution in [3.63, 3.8) is 0 Å². The summed E-state index contributed by atoms with van der Waals surface area (Å²) >= 11 is 0.805. The Morgan fingerprint density at radius 2 is 1.15 bits per heavy atom. The van der Waals surface area contributed by atoms with Crippen LogP contribution in [-0.4, -0.2) is 37.6 Å². The summed E-state index contributed by atoms with van der Waals surface area (Å²) in [6.07, 6.45) is -8.83. The zero-order valence-electron chi connectivity index (χ0n) is 10.6. The number of thioether (sulfide) groups is 2. The van der Waals surface area contributed by atoms with E-state index in [1.54, 1.807) is 0 Å². The second-order valence-electron chi connectivity index (χ2n) is 3.93. The predicted molar refractivity (Wildman–Crippen MR) is 63.8 cm³/mol. The van der Waals surface area contributed by atoms with Gasteiger partial charge < -0.3 is 4.57 Å². The van der Waals surface area contributed by atoms with Crippen LogP contribution in [0.4, 0.5) is 26.3 Å². The van der Waals surface area contributed by atoms with Gasteiger partial charge in [0.1, 0.15) is 10.5 Å². The fourth-order valence-corrected chi connectivity index (χ4v) is 2.58. The molecule has 2 atom stereocenters. The Morgan fingerprint density at radius 3 is 1.40 bits per heavy atom. The molecule has 0 aliphatic carbocycles. The summed E-state index contributed by atoms with van der Waals surface area (Å²) in [6, 6.07) is 0. The fourth-order valence-electron chi connectivity index (χ4n) is 0.957. The van der Waals surface area contributed by atoms with Crippen LogP contribution in [0.25, 0.3) is 0 Å². The van der Waals surface area contributed by atoms with Crippen molar-refractivity contribution in [1.82, 2.24) is 14.8 Å². The quantitative estimate of drug-likeness (QED) is 0.615. The van der Waals surface area contributed by atoms with Crippen molar-refractivity contribution in [3.8, 4) is 0 Å². The van der Waals surface area contributed by atoms with Crippen molar-refractivity contribution in [2.45, 2.75) is 47.0 Å². The van der Waals surface area contributed by atoms with Crippen LogP contribution in [-0.2, 0) is 7.05 Å². The van der Waals surface area contributed by atoms with Gasteiger partial charge >= 0.3 is 12.4 Å². The summed E-state index contributed by atoms with van der Waals surface area (Å²) in [4.78, 5) is 0. The zero-order chi connectivity index (χ0) is 15.7. The van der Waals surface area contributed by atoms with Crippen molar-refractivity contribution < 1.29 is 26.3 Å². The van der Waals surface area contributed by atoms with Gasteiger partial charge in [-0.1, -0.05) is 23.5 Å². The first-order chi connectivity index (χ1) is 8.93. The van der Waals surface area contributed by atoms with Crippen LogP contribution in [0.1, 0.15) is 13.8 Å². The molecule has 0 saturated heterocycles. The smallest absolute Gasteiger partial charge is 0.300 e. The molecule has 11 heteroatoms. The molecule has 0 radical (unpaired) electrons. The summed E-state index contributed by atoms with van der Waals surface area (Å²) in [5.41, 5.74) is 0. The summed E-state index contributed by atoms with van der Waals surface area (Å²) in [6.45, 7) is 1.90. The maximum atomic E-state index is 12.4. The first-order valence-corrected chi connectivity index (χ1v) is 7.05. The fraction of sp³-hybridized carbons (Fsp3) is 0.778. The third kappa shape index (κ3) is 4.47. The molecule has 20 heavy (non-hydrogen) atoms. The summed E-state index contributed by atoms with van der Waals surface area (Å²) in [5.74, 6) is 0. The second-order valence-corrected chi connectivity index (χ2v) is 6.54. The van der Waals surface area contributed by atoms with E-state index in [4.69, 9.17) is 0 Å². The zero-order valence-corrected chi connectivity index (χ0v) is 12.2. The highest BCUT2D eigenvalue weighted by Gasteiger charge is 2.39. The van der Waals surface area contributed by atoms with Crippen molar-refractivity contribution in [2.24, 2.45) is 7.05 Å². The number of nitrogens with zero attached hydrogens (tertiary/aromatic N) is 3. The second kappa shape index (κ2) is 6.04. The Hall–Kier alpha value is -0.580. The van der Waals surface area contributed by atoms with E-state index in [0.29, 0.717) is 23.5 Å². The van der Waals surface area contributed by atoms with E-state index in [0.717, 1.165) is 18.4 Å². The molecule has 1 heterocycles. The number of hydrogen-bond donors (Lipinski definition) is 0. The Balaban J connectivity index is 2.80. The highest BCUT2D eigenvalue weighted by molar-refractivity contribution is 8.00. The van der Waals surface area contributed by atoms with Crippen LogP contribution in [0.15, 0.2) is 10.3 Å². The van der Waals surface area contributed by atoms with E-state index in [-0.39, 0.29) is 10.3 Å². The maximum absolute atomic E-state index is 12.4. The van der Waals surface area contributed by atoms with Crippen LogP contribution >= 0.6 is 23.5 Å². The lowest BCUT2D eigenvalue weighted by Gasteiger charge is -2.15. The molecule has 1 aromatic rings. The summed E-state index contributed by atoms with van der Waals surface area (Å²) in [5, 5.41) is 3.39. The highest BCUT2D eigenvalue weighted by atomic mass is 32.2. The molecule has 116 valence electrons. The normalized spacial score (nSPS) is 16.2. The number of rotatable bonds is 4. The van der Waals surface area contributed by atoms with Gasteiger partial charge in [0.25, 0.3) is 0 Å². The van der Waals surface area contributed by atoms with Crippen LogP contribution in [0.3, 0.4) is 0 Å². The van der Waals surface area contributed by atoms with Gasteiger partial charge in [0.05, 0.1) is 0 Å². The Bertz CT molecular complexity index is 416. The van der Waals surface area contributed by atoms with Crippen LogP contribution < -0.4 is 0 Å². The number of halogens is 6. The molecule has 1 aromatic heterocycles. The van der Waals surface area contributed by atoms with Gasteiger partial charge in [-0.3, -0.25) is 0 Å². The summed E-state index contributed by atoms with van der Waals surface area (Å²) in [7, 11) is 1.33. The molecule has 0 aromatic carbocycles. The average molecular weight is 339 g/mol. The monoisotopic (exact) mass is 339 g/mol. The largest absolute Gasteiger partial charge is 0.400 e. The molecule has 0 N–H and O–H groups in total. The molecule has 0 aliphatic rings. The lowest BCUT2D eigenvalue weighted by molar-refractivity contribution is -0.126. The third-order valence-electron chi connectivity index (χ3n) is 2.28. The van der Waals surface area contributed by atoms with Gasteiger partial charge in [0.2, 0.25) is 0 Å². The standard InChI is InChI=1S/C9H11F6N3S2/c1-4(8(10,11)12)19-6-16-17-7(18(6)3)20-5(2)9(13,14)15/h4-5H,1-3H3/t4-,5+. The Kier molecular flexibility index (Phi) is 5.28. The third-order valence-corrected chi connectivity index (χ3v) is 4.66. The van der Waals surface area contributed by atoms with E-state index in [9.17, 15) is 26.3 Å². The van der Waals surface area contributed by atoms with E-state index < -0.39 is 22.9 Å². The molecular formula is C9H11F6N3S2. The molecule has 0 spiro atoms. The van der Waals surface area contributed by atoms with Crippen molar-refractivity contribution in [2.75, 3.05) is 0 Å². The molecule has 0 saturated carbocycles. The van der Waals surface area contributed by atoms with Gasteiger partial charge in [0.15, 0.2) is 10.3 Å². The molecule has 0 unspecified atom stereocenters. The highest BCUT2D eigenvalue weighted by Crippen LogP contribution is 2.37. The van der Waals surface area contributed by atoms with E-state index in [2.05, 4.69) is 10.2 Å². The average Bonchev–Trinajstić information content (AvgIpc) is 2.59. The van der Waals surface area contributed by atoms with E-state index in [1.165, 1.54) is 7.05 Å². The van der Waals surface area contributed by atoms with E-state index in [1.807, 2.05) is 0 Å². The van der Waals surface area contributed by atoms with Crippen molar-refractivity contribution >= 4 is 23.5 Å². The summed E-state index contributed by atoms with van der Waals surface area (Å²) < 4.78 is 75.6. The van der Waals surface area contributed by atoms with Crippen molar-refractivity contribution in [3.05, 3.63) is 0 Å². The minimum Gasteiger partial charge on any atom is -0.300 e. The SMILES string of the molecule is C[C@H](Sc1nnc(S[C@H](C)C(F)(F)F)n1C)C(F)(F)F. The first-order valence-electron chi connectivity index (χ1n) is 5.29. The Morgan fingerprint density at radius 1 is 0.850 bits per heavy atom. The molecule has 3 nitrogen and oxygen atoms in total. The van der Waals surface area contributed by atoms with Crippen LogP contribution in [0.2, 0.25) is 0 Å². The predicted octanol–water partition coefficient (Wildman–Crippen LogP) is 3.90. The van der Waals surface area contributed by atoms with Gasteiger partial charge in [-0.25, -0.2) is 0 Å². The number of hydrogen-bond acceptors (Lipinski definition) is 4. The van der Waals surface area contributed by atoms with Gasteiger partial charge in [-0.15, -0.1) is 10.2 Å². The Labute approximate surface area is 119 Å². The molecule has 0 fully saturated rings. The molecule has 0 bridgehead atoms. The molecule has 0 amide bonds. The maximum Gasteiger partial charge on any atom is 0.400 e. The lowest BCUT2D eigenvalue weighted by atomic mass is 10.5. The van der Waals surface area contributed by atoms with Crippen LogP contribution in [0, 0.1) is 0 Å². The lowest BCUT2D eigenvalue weighted by Crippen LogP contribution is -2.23. The minimum absolute atomic E-state index is 0.0771. The molecule has 0 aliphatic heterocycles. The van der Waals surface area contributed by atoms with Gasteiger partial charge in [-0.2, -0.15) is 26.3 Å². The van der Waals surface area contributed by atoms with E-state index >= 15 is 0 Å². The number of alkyl halides is 6. The minimum atomic E-state index is -4.41. The van der Waals surface area contributed by atoms with Gasteiger partial charge in [-0.05, 0) is 13.8 Å². The van der Waals surface area contributed by atoms with Crippen LogP contribution in [0.5, 0.6) is 0 Å². The van der Waals surface area contributed by atoms with Crippen molar-refractivity contribution in [1.29, 1.82) is 0 Å². The molecule has 1 rings (SSSR count). The first kappa shape index (κ1) is 17.5.